The third kappa shape index (κ3) is 2.83. The standard InChI is InChI=1S/C14H22N2/c1-2-16-9-8-14(15)13(11-16)10-12-6-4-3-5-7-12/h3-7,13-14H,2,8-11,15H2,1H3/t13-,14+/m0/s1. The SMILES string of the molecule is CCN1CC[C@@H](N)[C@@H](Cc2ccccc2)C1. The van der Waals surface area contributed by atoms with Crippen LogP contribution in [0.5, 0.6) is 0 Å². The predicted octanol–water partition coefficient (Wildman–Crippen LogP) is 1.90. The van der Waals surface area contributed by atoms with Gasteiger partial charge in [-0.15, -0.1) is 0 Å². The molecule has 0 spiro atoms. The highest BCUT2D eigenvalue weighted by atomic mass is 15.1. The van der Waals surface area contributed by atoms with Crippen LogP contribution in [0.1, 0.15) is 18.9 Å². The van der Waals surface area contributed by atoms with Gasteiger partial charge in [0.2, 0.25) is 0 Å². The number of benzene rings is 1. The molecule has 1 heterocycles. The third-order valence-electron chi connectivity index (χ3n) is 3.66. The summed E-state index contributed by atoms with van der Waals surface area (Å²) in [5.41, 5.74) is 7.63. The summed E-state index contributed by atoms with van der Waals surface area (Å²) in [4.78, 5) is 2.51. The predicted molar refractivity (Wildman–Crippen MR) is 68.3 cm³/mol. The monoisotopic (exact) mass is 218 g/mol. The smallest absolute Gasteiger partial charge is 0.00947 e. The molecule has 0 aliphatic carbocycles. The van der Waals surface area contributed by atoms with Crippen LogP contribution < -0.4 is 5.73 Å². The minimum Gasteiger partial charge on any atom is -0.327 e. The average Bonchev–Trinajstić information content (AvgIpc) is 2.33. The molecule has 2 heteroatoms. The minimum absolute atomic E-state index is 0.378. The highest BCUT2D eigenvalue weighted by Crippen LogP contribution is 2.19. The molecule has 0 aromatic heterocycles. The van der Waals surface area contributed by atoms with E-state index in [1.807, 2.05) is 0 Å². The van der Waals surface area contributed by atoms with Crippen molar-refractivity contribution in [1.29, 1.82) is 0 Å². The Bertz CT molecular complexity index is 310. The van der Waals surface area contributed by atoms with Crippen LogP contribution in [0, 0.1) is 5.92 Å². The number of nitrogens with zero attached hydrogens (tertiary/aromatic N) is 1. The molecule has 0 radical (unpaired) electrons. The Kier molecular flexibility index (Phi) is 3.97. The number of hydrogen-bond acceptors (Lipinski definition) is 2. The lowest BCUT2D eigenvalue weighted by atomic mass is 9.87. The highest BCUT2D eigenvalue weighted by Gasteiger charge is 2.25. The summed E-state index contributed by atoms with van der Waals surface area (Å²) >= 11 is 0. The first-order chi connectivity index (χ1) is 7.79. The van der Waals surface area contributed by atoms with E-state index in [9.17, 15) is 0 Å². The van der Waals surface area contributed by atoms with E-state index >= 15 is 0 Å². The molecule has 16 heavy (non-hydrogen) atoms. The Hall–Kier alpha value is -0.860. The van der Waals surface area contributed by atoms with Crippen molar-refractivity contribution >= 4 is 0 Å². The van der Waals surface area contributed by atoms with E-state index < -0.39 is 0 Å². The van der Waals surface area contributed by atoms with Gasteiger partial charge in [-0.05, 0) is 37.4 Å². The van der Waals surface area contributed by atoms with Gasteiger partial charge < -0.3 is 10.6 Å². The zero-order valence-electron chi connectivity index (χ0n) is 10.1. The molecule has 0 amide bonds. The summed E-state index contributed by atoms with van der Waals surface area (Å²) in [5, 5.41) is 0. The topological polar surface area (TPSA) is 29.3 Å². The third-order valence-corrected chi connectivity index (χ3v) is 3.66. The molecule has 1 aromatic carbocycles. The molecule has 0 bridgehead atoms. The fraction of sp³-hybridized carbons (Fsp3) is 0.571. The first-order valence-electron chi connectivity index (χ1n) is 6.31. The molecule has 0 unspecified atom stereocenters. The lowest BCUT2D eigenvalue weighted by molar-refractivity contribution is 0.161. The maximum absolute atomic E-state index is 6.22. The van der Waals surface area contributed by atoms with Crippen LogP contribution in [0.3, 0.4) is 0 Å². The summed E-state index contributed by atoms with van der Waals surface area (Å²) in [6.45, 7) is 5.71. The number of hydrogen-bond donors (Lipinski definition) is 1. The Morgan fingerprint density at radius 3 is 2.75 bits per heavy atom. The van der Waals surface area contributed by atoms with E-state index in [2.05, 4.69) is 42.2 Å². The van der Waals surface area contributed by atoms with Crippen LogP contribution in [-0.4, -0.2) is 30.6 Å². The van der Waals surface area contributed by atoms with E-state index in [-0.39, 0.29) is 0 Å². The summed E-state index contributed by atoms with van der Waals surface area (Å²) in [5.74, 6) is 0.621. The van der Waals surface area contributed by atoms with Crippen molar-refractivity contribution in [3.05, 3.63) is 35.9 Å². The molecular weight excluding hydrogens is 196 g/mol. The van der Waals surface area contributed by atoms with Gasteiger partial charge in [0.15, 0.2) is 0 Å². The highest BCUT2D eigenvalue weighted by molar-refractivity contribution is 5.16. The van der Waals surface area contributed by atoms with Gasteiger partial charge >= 0.3 is 0 Å². The van der Waals surface area contributed by atoms with Crippen LogP contribution in [0.4, 0.5) is 0 Å². The number of rotatable bonds is 3. The number of nitrogens with two attached hydrogens (primary N) is 1. The van der Waals surface area contributed by atoms with Crippen molar-refractivity contribution in [3.8, 4) is 0 Å². The van der Waals surface area contributed by atoms with Crippen molar-refractivity contribution < 1.29 is 0 Å². The van der Waals surface area contributed by atoms with Crippen LogP contribution in [0.2, 0.25) is 0 Å². The largest absolute Gasteiger partial charge is 0.327 e. The molecule has 2 atom stereocenters. The van der Waals surface area contributed by atoms with Crippen molar-refractivity contribution in [3.63, 3.8) is 0 Å². The van der Waals surface area contributed by atoms with Crippen LogP contribution >= 0.6 is 0 Å². The molecule has 88 valence electrons. The summed E-state index contributed by atoms with van der Waals surface area (Å²) in [6, 6.07) is 11.1. The molecule has 2 nitrogen and oxygen atoms in total. The fourth-order valence-corrected chi connectivity index (χ4v) is 2.55. The van der Waals surface area contributed by atoms with Gasteiger partial charge in [-0.3, -0.25) is 0 Å². The quantitative estimate of drug-likeness (QED) is 0.839. The van der Waals surface area contributed by atoms with Crippen molar-refractivity contribution in [2.24, 2.45) is 11.7 Å². The van der Waals surface area contributed by atoms with Crippen molar-refractivity contribution in [2.45, 2.75) is 25.8 Å². The normalized spacial score (nSPS) is 26.9. The lowest BCUT2D eigenvalue weighted by Gasteiger charge is -2.36. The molecule has 2 rings (SSSR count). The first kappa shape index (κ1) is 11.6. The first-order valence-corrected chi connectivity index (χ1v) is 6.31. The lowest BCUT2D eigenvalue weighted by Crippen LogP contribution is -2.47. The van der Waals surface area contributed by atoms with Gasteiger partial charge in [0, 0.05) is 12.6 Å². The molecule has 1 aromatic rings. The number of likely N-dealkylation sites (tertiary alicyclic amines) is 1. The van der Waals surface area contributed by atoms with Crippen LogP contribution in [0.15, 0.2) is 30.3 Å². The Morgan fingerprint density at radius 1 is 1.31 bits per heavy atom. The van der Waals surface area contributed by atoms with Gasteiger partial charge in [0.25, 0.3) is 0 Å². The zero-order chi connectivity index (χ0) is 11.4. The van der Waals surface area contributed by atoms with Crippen LogP contribution in [0.25, 0.3) is 0 Å². The Morgan fingerprint density at radius 2 is 2.06 bits per heavy atom. The van der Waals surface area contributed by atoms with Crippen molar-refractivity contribution in [2.75, 3.05) is 19.6 Å². The molecule has 1 aliphatic heterocycles. The van der Waals surface area contributed by atoms with Gasteiger partial charge in [-0.2, -0.15) is 0 Å². The average molecular weight is 218 g/mol. The van der Waals surface area contributed by atoms with Gasteiger partial charge in [0.1, 0.15) is 0 Å². The maximum atomic E-state index is 6.22. The molecule has 1 fully saturated rings. The van der Waals surface area contributed by atoms with Crippen LogP contribution in [-0.2, 0) is 6.42 Å². The van der Waals surface area contributed by atoms with E-state index in [1.165, 1.54) is 12.1 Å². The Balaban J connectivity index is 1.97. The number of piperidine rings is 1. The second-order valence-corrected chi connectivity index (χ2v) is 4.80. The minimum atomic E-state index is 0.378. The van der Waals surface area contributed by atoms with E-state index in [4.69, 9.17) is 5.73 Å². The molecule has 1 saturated heterocycles. The van der Waals surface area contributed by atoms with Crippen molar-refractivity contribution in [1.82, 2.24) is 4.90 Å². The van der Waals surface area contributed by atoms with E-state index in [1.54, 1.807) is 0 Å². The van der Waals surface area contributed by atoms with Gasteiger partial charge in [-0.25, -0.2) is 0 Å². The second kappa shape index (κ2) is 5.46. The molecular formula is C14H22N2. The van der Waals surface area contributed by atoms with E-state index in [0.29, 0.717) is 12.0 Å². The molecule has 2 N–H and O–H groups in total. The van der Waals surface area contributed by atoms with E-state index in [0.717, 1.165) is 25.9 Å². The molecule has 1 aliphatic rings. The Labute approximate surface area is 98.4 Å². The summed E-state index contributed by atoms with van der Waals surface area (Å²) < 4.78 is 0. The molecule has 0 saturated carbocycles. The van der Waals surface area contributed by atoms with Gasteiger partial charge in [-0.1, -0.05) is 37.3 Å². The van der Waals surface area contributed by atoms with Gasteiger partial charge in [0.05, 0.1) is 0 Å². The maximum Gasteiger partial charge on any atom is 0.00947 e. The second-order valence-electron chi connectivity index (χ2n) is 4.80. The summed E-state index contributed by atoms with van der Waals surface area (Å²) in [6.07, 6.45) is 2.27. The fourth-order valence-electron chi connectivity index (χ4n) is 2.55. The summed E-state index contributed by atoms with van der Waals surface area (Å²) in [7, 11) is 0. The zero-order valence-corrected chi connectivity index (χ0v) is 10.1.